The maximum absolute atomic E-state index is 5.73. The quantitative estimate of drug-likeness (QED) is 0.663. The average molecular weight is 379 g/mol. The first-order chi connectivity index (χ1) is 13.3. The number of para-hydroxylation sites is 1. The summed E-state index contributed by atoms with van der Waals surface area (Å²) in [5.41, 5.74) is 3.22. The van der Waals surface area contributed by atoms with Crippen LogP contribution in [0.25, 0.3) is 0 Å². The van der Waals surface area contributed by atoms with Crippen molar-refractivity contribution < 1.29 is 4.74 Å². The third-order valence-corrected chi connectivity index (χ3v) is 5.15. The summed E-state index contributed by atoms with van der Waals surface area (Å²) in [6, 6.07) is 20.5. The minimum atomic E-state index is -0.0323. The predicted molar refractivity (Wildman–Crippen MR) is 111 cm³/mol. The Balaban J connectivity index is 1.80. The number of anilines is 1. The molecule has 2 aromatic heterocycles. The van der Waals surface area contributed by atoms with Crippen molar-refractivity contribution in [1.82, 2.24) is 14.9 Å². The topological polar surface area (TPSA) is 42.3 Å². The molecule has 0 aliphatic carbocycles. The molecule has 0 unspecified atom stereocenters. The molecule has 0 amide bonds. The van der Waals surface area contributed by atoms with Crippen molar-refractivity contribution in [3.8, 4) is 0 Å². The lowest BCUT2D eigenvalue weighted by Crippen LogP contribution is -2.30. The van der Waals surface area contributed by atoms with Crippen molar-refractivity contribution in [3.05, 3.63) is 84.4 Å². The van der Waals surface area contributed by atoms with Gasteiger partial charge in [-0.25, -0.2) is 0 Å². The Kier molecular flexibility index (Phi) is 5.18. The Labute approximate surface area is 164 Å². The predicted octanol–water partition coefficient (Wildman–Crippen LogP) is 3.71. The molecule has 0 radical (unpaired) electrons. The second-order valence-electron chi connectivity index (χ2n) is 6.45. The molecule has 3 aromatic rings. The molecule has 1 aromatic carbocycles. The standard InChI is InChI=1S/C21H22N4OS/c1-26-15-14-24-13-7-11-18(24)20-19(17-10-5-6-12-22-17)23-21(27)25(20)16-8-3-2-4-9-16/h2-13,19-20H,14-15H2,1H3,(H,23,27)/t19-,20+/m0/s1. The summed E-state index contributed by atoms with van der Waals surface area (Å²) >= 11 is 5.73. The smallest absolute Gasteiger partial charge is 0.174 e. The van der Waals surface area contributed by atoms with E-state index in [0.717, 1.165) is 17.9 Å². The van der Waals surface area contributed by atoms with Crippen LogP contribution in [0.4, 0.5) is 5.69 Å². The zero-order valence-corrected chi connectivity index (χ0v) is 16.0. The number of pyridine rings is 1. The molecule has 1 aliphatic rings. The van der Waals surface area contributed by atoms with Crippen LogP contribution in [0.1, 0.15) is 23.5 Å². The lowest BCUT2D eigenvalue weighted by molar-refractivity contribution is 0.186. The Bertz CT molecular complexity index is 897. The number of hydrogen-bond donors (Lipinski definition) is 1. The van der Waals surface area contributed by atoms with E-state index in [-0.39, 0.29) is 12.1 Å². The zero-order valence-electron chi connectivity index (χ0n) is 15.2. The second kappa shape index (κ2) is 7.90. The third-order valence-electron chi connectivity index (χ3n) is 4.84. The molecule has 3 heterocycles. The lowest BCUT2D eigenvalue weighted by atomic mass is 10.0. The van der Waals surface area contributed by atoms with Crippen LogP contribution in [0, 0.1) is 0 Å². The van der Waals surface area contributed by atoms with E-state index in [1.807, 2.05) is 42.6 Å². The number of rotatable bonds is 6. The second-order valence-corrected chi connectivity index (χ2v) is 6.84. The lowest BCUT2D eigenvalue weighted by Gasteiger charge is -2.29. The van der Waals surface area contributed by atoms with Crippen molar-refractivity contribution in [2.75, 3.05) is 18.6 Å². The number of benzene rings is 1. The van der Waals surface area contributed by atoms with Crippen LogP contribution in [0.2, 0.25) is 0 Å². The van der Waals surface area contributed by atoms with Crippen molar-refractivity contribution in [1.29, 1.82) is 0 Å². The minimum absolute atomic E-state index is 0.00153. The van der Waals surface area contributed by atoms with Crippen LogP contribution in [-0.2, 0) is 11.3 Å². The zero-order chi connectivity index (χ0) is 18.6. The maximum atomic E-state index is 5.73. The summed E-state index contributed by atoms with van der Waals surface area (Å²) in [6.45, 7) is 1.45. The van der Waals surface area contributed by atoms with Gasteiger partial charge in [-0.3, -0.25) is 4.98 Å². The largest absolute Gasteiger partial charge is 0.383 e. The number of nitrogens with zero attached hydrogens (tertiary/aromatic N) is 3. The van der Waals surface area contributed by atoms with Crippen LogP contribution in [-0.4, -0.2) is 28.4 Å². The summed E-state index contributed by atoms with van der Waals surface area (Å²) in [7, 11) is 1.72. The average Bonchev–Trinajstić information content (AvgIpc) is 3.31. The van der Waals surface area contributed by atoms with Gasteiger partial charge in [0.2, 0.25) is 0 Å². The number of nitrogens with one attached hydrogen (secondary N) is 1. The van der Waals surface area contributed by atoms with Gasteiger partial charge in [0.25, 0.3) is 0 Å². The fourth-order valence-corrected chi connectivity index (χ4v) is 3.96. The molecular formula is C21H22N4OS. The highest BCUT2D eigenvalue weighted by Crippen LogP contribution is 2.41. The van der Waals surface area contributed by atoms with Crippen LogP contribution in [0.5, 0.6) is 0 Å². The first-order valence-electron chi connectivity index (χ1n) is 8.99. The van der Waals surface area contributed by atoms with Crippen LogP contribution in [0.15, 0.2) is 73.1 Å². The van der Waals surface area contributed by atoms with Gasteiger partial charge in [0.15, 0.2) is 5.11 Å². The van der Waals surface area contributed by atoms with Crippen molar-refractivity contribution >= 4 is 23.0 Å². The molecular weight excluding hydrogens is 356 g/mol. The van der Waals surface area contributed by atoms with Gasteiger partial charge in [0.1, 0.15) is 6.04 Å². The fraction of sp³-hybridized carbons (Fsp3) is 0.238. The Morgan fingerprint density at radius 2 is 1.89 bits per heavy atom. The highest BCUT2D eigenvalue weighted by molar-refractivity contribution is 7.80. The molecule has 1 N–H and O–H groups in total. The van der Waals surface area contributed by atoms with E-state index >= 15 is 0 Å². The normalized spacial score (nSPS) is 19.3. The summed E-state index contributed by atoms with van der Waals surface area (Å²) in [5, 5.41) is 4.20. The minimum Gasteiger partial charge on any atom is -0.383 e. The van der Waals surface area contributed by atoms with E-state index < -0.39 is 0 Å². The van der Waals surface area contributed by atoms with Crippen LogP contribution in [0.3, 0.4) is 0 Å². The number of aromatic nitrogens is 2. The molecule has 2 atom stereocenters. The van der Waals surface area contributed by atoms with Gasteiger partial charge >= 0.3 is 0 Å². The first-order valence-corrected chi connectivity index (χ1v) is 9.40. The molecule has 5 nitrogen and oxygen atoms in total. The Hall–Kier alpha value is -2.70. The SMILES string of the molecule is COCCn1cccc1[C@@H]1[C@H](c2ccccn2)NC(=S)N1c1ccccc1. The van der Waals surface area contributed by atoms with Crippen molar-refractivity contribution in [2.24, 2.45) is 0 Å². The maximum Gasteiger partial charge on any atom is 0.174 e. The monoisotopic (exact) mass is 378 g/mol. The third kappa shape index (κ3) is 3.46. The molecule has 4 rings (SSSR count). The van der Waals surface area contributed by atoms with Gasteiger partial charge in [-0.05, 0) is 48.6 Å². The van der Waals surface area contributed by atoms with Crippen molar-refractivity contribution in [2.45, 2.75) is 18.6 Å². The van der Waals surface area contributed by atoms with Gasteiger partial charge in [-0.2, -0.15) is 0 Å². The molecule has 1 fully saturated rings. The summed E-state index contributed by atoms with van der Waals surface area (Å²) in [6.07, 6.45) is 3.92. The van der Waals surface area contributed by atoms with Crippen molar-refractivity contribution in [3.63, 3.8) is 0 Å². The molecule has 0 spiro atoms. The first kappa shape index (κ1) is 17.7. The molecule has 0 saturated carbocycles. The van der Waals surface area contributed by atoms with Gasteiger partial charge in [0.05, 0.1) is 18.3 Å². The van der Waals surface area contributed by atoms with E-state index in [0.29, 0.717) is 11.7 Å². The highest BCUT2D eigenvalue weighted by Gasteiger charge is 2.41. The summed E-state index contributed by atoms with van der Waals surface area (Å²) in [5.74, 6) is 0. The van der Waals surface area contributed by atoms with E-state index in [1.165, 1.54) is 5.69 Å². The molecule has 6 heteroatoms. The molecule has 0 bridgehead atoms. The van der Waals surface area contributed by atoms with Gasteiger partial charge in [-0.1, -0.05) is 24.3 Å². The Morgan fingerprint density at radius 3 is 2.63 bits per heavy atom. The summed E-state index contributed by atoms with van der Waals surface area (Å²) < 4.78 is 7.52. The van der Waals surface area contributed by atoms with E-state index in [2.05, 4.69) is 50.2 Å². The number of methoxy groups -OCH3 is 1. The molecule has 1 aliphatic heterocycles. The molecule has 1 saturated heterocycles. The molecule has 27 heavy (non-hydrogen) atoms. The van der Waals surface area contributed by atoms with Gasteiger partial charge in [0, 0.05) is 37.4 Å². The van der Waals surface area contributed by atoms with Gasteiger partial charge < -0.3 is 19.5 Å². The fourth-order valence-electron chi connectivity index (χ4n) is 3.61. The van der Waals surface area contributed by atoms with Crippen LogP contribution < -0.4 is 10.2 Å². The van der Waals surface area contributed by atoms with E-state index in [4.69, 9.17) is 17.0 Å². The van der Waals surface area contributed by atoms with E-state index in [9.17, 15) is 0 Å². The summed E-state index contributed by atoms with van der Waals surface area (Å²) in [4.78, 5) is 6.78. The van der Waals surface area contributed by atoms with E-state index in [1.54, 1.807) is 7.11 Å². The van der Waals surface area contributed by atoms with Crippen LogP contribution >= 0.6 is 12.2 Å². The number of hydrogen-bond acceptors (Lipinski definition) is 3. The molecule has 138 valence electrons. The van der Waals surface area contributed by atoms with Gasteiger partial charge in [-0.15, -0.1) is 0 Å². The Morgan fingerprint density at radius 1 is 1.07 bits per heavy atom. The number of ether oxygens (including phenoxy) is 1. The highest BCUT2D eigenvalue weighted by atomic mass is 32.1. The number of thiocarbonyl (C=S) groups is 1.